The smallest absolute Gasteiger partial charge is 0.267 e. The minimum Gasteiger partial charge on any atom is -0.395 e. The van der Waals surface area contributed by atoms with Gasteiger partial charge in [0, 0.05) is 25.5 Å². The highest BCUT2D eigenvalue weighted by Crippen LogP contribution is 2.23. The van der Waals surface area contributed by atoms with Gasteiger partial charge >= 0.3 is 0 Å². The molecule has 22 heavy (non-hydrogen) atoms. The standard InChI is InChI=1S/C17H23N3O2/c1-4-13-7-6-8-14(5-2)16(13)19-17(22)15(11-18)12-20(3)9-10-21/h6-8,12,21H,4-5,9-10H2,1-3H3,(H,19,22)/b15-12-. The zero-order valence-electron chi connectivity index (χ0n) is 13.4. The summed E-state index contributed by atoms with van der Waals surface area (Å²) in [6, 6.07) is 7.84. The first-order valence-corrected chi connectivity index (χ1v) is 7.42. The van der Waals surface area contributed by atoms with E-state index in [-0.39, 0.29) is 12.2 Å². The molecule has 0 bridgehead atoms. The number of anilines is 1. The van der Waals surface area contributed by atoms with E-state index in [0.29, 0.717) is 6.54 Å². The highest BCUT2D eigenvalue weighted by molar-refractivity contribution is 6.07. The van der Waals surface area contributed by atoms with Gasteiger partial charge in [-0.15, -0.1) is 0 Å². The Morgan fingerprint density at radius 1 is 1.36 bits per heavy atom. The van der Waals surface area contributed by atoms with Crippen LogP contribution in [0.3, 0.4) is 0 Å². The van der Waals surface area contributed by atoms with Crippen molar-refractivity contribution in [3.8, 4) is 6.07 Å². The van der Waals surface area contributed by atoms with Gasteiger partial charge < -0.3 is 15.3 Å². The van der Waals surface area contributed by atoms with Gasteiger partial charge in [0.25, 0.3) is 5.91 Å². The Bertz CT molecular complexity index is 566. The summed E-state index contributed by atoms with van der Waals surface area (Å²) in [5, 5.41) is 20.9. The number of amides is 1. The van der Waals surface area contributed by atoms with Crippen molar-refractivity contribution in [3.05, 3.63) is 41.1 Å². The summed E-state index contributed by atoms with van der Waals surface area (Å²) < 4.78 is 0. The predicted octanol–water partition coefficient (Wildman–Crippen LogP) is 2.08. The van der Waals surface area contributed by atoms with Crippen LogP contribution in [0.15, 0.2) is 30.0 Å². The van der Waals surface area contributed by atoms with Gasteiger partial charge in [-0.05, 0) is 24.0 Å². The number of aliphatic hydroxyl groups is 1. The quantitative estimate of drug-likeness (QED) is 0.597. The summed E-state index contributed by atoms with van der Waals surface area (Å²) >= 11 is 0. The maximum absolute atomic E-state index is 12.3. The van der Waals surface area contributed by atoms with Gasteiger partial charge in [0.05, 0.1) is 6.61 Å². The predicted molar refractivity (Wildman–Crippen MR) is 87.2 cm³/mol. The third-order valence-corrected chi connectivity index (χ3v) is 3.40. The van der Waals surface area contributed by atoms with E-state index in [2.05, 4.69) is 5.32 Å². The summed E-state index contributed by atoms with van der Waals surface area (Å²) in [6.07, 6.45) is 3.06. The van der Waals surface area contributed by atoms with Crippen LogP contribution in [0.2, 0.25) is 0 Å². The third kappa shape index (κ3) is 4.61. The summed E-state index contributed by atoms with van der Waals surface area (Å²) in [5.41, 5.74) is 2.91. The maximum Gasteiger partial charge on any atom is 0.267 e. The van der Waals surface area contributed by atoms with Crippen LogP contribution < -0.4 is 5.32 Å². The highest BCUT2D eigenvalue weighted by Gasteiger charge is 2.14. The average molecular weight is 301 g/mol. The van der Waals surface area contributed by atoms with E-state index in [4.69, 9.17) is 5.11 Å². The van der Waals surface area contributed by atoms with E-state index >= 15 is 0 Å². The van der Waals surface area contributed by atoms with Crippen LogP contribution in [-0.2, 0) is 17.6 Å². The molecule has 1 amide bonds. The normalized spacial score (nSPS) is 11.0. The van der Waals surface area contributed by atoms with Crippen molar-refractivity contribution < 1.29 is 9.90 Å². The van der Waals surface area contributed by atoms with Crippen LogP contribution in [-0.4, -0.2) is 36.1 Å². The van der Waals surface area contributed by atoms with Crippen LogP contribution >= 0.6 is 0 Å². The monoisotopic (exact) mass is 301 g/mol. The van der Waals surface area contributed by atoms with Crippen molar-refractivity contribution in [2.24, 2.45) is 0 Å². The lowest BCUT2D eigenvalue weighted by Crippen LogP contribution is -2.21. The Balaban J connectivity index is 3.03. The van der Waals surface area contributed by atoms with Gasteiger partial charge in [-0.1, -0.05) is 32.0 Å². The molecule has 0 saturated heterocycles. The lowest BCUT2D eigenvalue weighted by atomic mass is 10.0. The number of nitrogens with zero attached hydrogens (tertiary/aromatic N) is 2. The molecule has 118 valence electrons. The lowest BCUT2D eigenvalue weighted by molar-refractivity contribution is -0.112. The second kappa shape index (κ2) is 8.85. The van der Waals surface area contributed by atoms with Gasteiger partial charge in [0.15, 0.2) is 0 Å². The zero-order valence-corrected chi connectivity index (χ0v) is 13.4. The van der Waals surface area contributed by atoms with E-state index in [0.717, 1.165) is 29.7 Å². The highest BCUT2D eigenvalue weighted by atomic mass is 16.3. The summed E-state index contributed by atoms with van der Waals surface area (Å²) in [4.78, 5) is 13.9. The summed E-state index contributed by atoms with van der Waals surface area (Å²) in [7, 11) is 1.71. The fourth-order valence-electron chi connectivity index (χ4n) is 2.16. The van der Waals surface area contributed by atoms with E-state index < -0.39 is 5.91 Å². The number of carbonyl (C=O) groups is 1. The number of aliphatic hydroxyl groups excluding tert-OH is 1. The molecule has 5 nitrogen and oxygen atoms in total. The Morgan fingerprint density at radius 2 is 1.95 bits per heavy atom. The largest absolute Gasteiger partial charge is 0.395 e. The first-order chi connectivity index (χ1) is 10.6. The van der Waals surface area contributed by atoms with Gasteiger partial charge in [-0.25, -0.2) is 0 Å². The molecule has 0 fully saturated rings. The second-order valence-corrected chi connectivity index (χ2v) is 4.97. The number of hydrogen-bond donors (Lipinski definition) is 2. The molecule has 0 aliphatic heterocycles. The van der Waals surface area contributed by atoms with Crippen LogP contribution in [0.25, 0.3) is 0 Å². The van der Waals surface area contributed by atoms with E-state index in [1.807, 2.05) is 38.1 Å². The topological polar surface area (TPSA) is 76.4 Å². The maximum atomic E-state index is 12.3. The minimum absolute atomic E-state index is 0.0175. The molecule has 1 aromatic rings. The first kappa shape index (κ1) is 17.7. The number of likely N-dealkylation sites (N-methyl/N-ethyl adjacent to an activating group) is 1. The van der Waals surface area contributed by atoms with Gasteiger partial charge in [-0.2, -0.15) is 5.26 Å². The Morgan fingerprint density at radius 3 is 2.41 bits per heavy atom. The molecule has 0 aromatic heterocycles. The molecule has 1 rings (SSSR count). The van der Waals surface area contributed by atoms with Crippen molar-refractivity contribution in [1.29, 1.82) is 5.26 Å². The average Bonchev–Trinajstić information content (AvgIpc) is 2.52. The number of nitrogens with one attached hydrogen (secondary N) is 1. The van der Waals surface area contributed by atoms with Gasteiger partial charge in [0.1, 0.15) is 11.6 Å². The van der Waals surface area contributed by atoms with Crippen LogP contribution in [0.4, 0.5) is 5.69 Å². The SMILES string of the molecule is CCc1cccc(CC)c1NC(=O)/C(C#N)=C\N(C)CCO. The Kier molecular flexibility index (Phi) is 7.14. The number of rotatable bonds is 7. The number of carbonyl (C=O) groups excluding carboxylic acids is 1. The number of nitriles is 1. The molecule has 0 radical (unpaired) electrons. The molecule has 1 aromatic carbocycles. The first-order valence-electron chi connectivity index (χ1n) is 7.42. The molecule has 2 N–H and O–H groups in total. The van der Waals surface area contributed by atoms with Crippen LogP contribution in [0.5, 0.6) is 0 Å². The van der Waals surface area contributed by atoms with Gasteiger partial charge in [0.2, 0.25) is 0 Å². The van der Waals surface area contributed by atoms with Crippen molar-refractivity contribution in [3.63, 3.8) is 0 Å². The molecule has 0 atom stereocenters. The molecule has 0 saturated carbocycles. The molecular formula is C17H23N3O2. The number of benzene rings is 1. The lowest BCUT2D eigenvalue weighted by Gasteiger charge is -2.15. The number of para-hydroxylation sites is 1. The zero-order chi connectivity index (χ0) is 16.5. The van der Waals surface area contributed by atoms with Crippen molar-refractivity contribution in [2.45, 2.75) is 26.7 Å². The van der Waals surface area contributed by atoms with Crippen LogP contribution in [0, 0.1) is 11.3 Å². The molecule has 0 aliphatic carbocycles. The fourth-order valence-corrected chi connectivity index (χ4v) is 2.16. The molecule has 0 unspecified atom stereocenters. The number of hydrogen-bond acceptors (Lipinski definition) is 4. The summed E-state index contributed by atoms with van der Waals surface area (Å²) in [6.45, 7) is 4.39. The second-order valence-electron chi connectivity index (χ2n) is 4.97. The molecule has 0 heterocycles. The van der Waals surface area contributed by atoms with Gasteiger partial charge in [-0.3, -0.25) is 4.79 Å². The van der Waals surface area contributed by atoms with E-state index in [1.54, 1.807) is 11.9 Å². The van der Waals surface area contributed by atoms with Crippen LogP contribution in [0.1, 0.15) is 25.0 Å². The fraction of sp³-hybridized carbons (Fsp3) is 0.412. The third-order valence-electron chi connectivity index (χ3n) is 3.40. The Hall–Kier alpha value is -2.32. The van der Waals surface area contributed by atoms with E-state index in [9.17, 15) is 10.1 Å². The number of aryl methyl sites for hydroxylation is 2. The van der Waals surface area contributed by atoms with Crippen molar-refractivity contribution in [1.82, 2.24) is 4.90 Å². The van der Waals surface area contributed by atoms with Crippen molar-refractivity contribution in [2.75, 3.05) is 25.5 Å². The summed E-state index contributed by atoms with van der Waals surface area (Å²) in [5.74, 6) is -0.428. The minimum atomic E-state index is -0.428. The molecule has 0 aliphatic rings. The molecule has 0 spiro atoms. The van der Waals surface area contributed by atoms with E-state index in [1.165, 1.54) is 6.20 Å². The molecule has 5 heteroatoms. The van der Waals surface area contributed by atoms with Crippen molar-refractivity contribution >= 4 is 11.6 Å². The Labute approximate surface area is 131 Å². The molecular weight excluding hydrogens is 278 g/mol.